The molecule has 0 bridgehead atoms. The fraction of sp³-hybridized carbons (Fsp3) is 0.150. The number of hydrogen-bond donors (Lipinski definition) is 2. The number of nitrogens with one attached hydrogen (secondary N) is 2. The average Bonchev–Trinajstić information content (AvgIpc) is 2.69. The van der Waals surface area contributed by atoms with Crippen LogP contribution in [-0.4, -0.2) is 22.5 Å². The molecule has 0 radical (unpaired) electrons. The van der Waals surface area contributed by atoms with Gasteiger partial charge in [-0.25, -0.2) is 4.98 Å². The highest BCUT2D eigenvalue weighted by Gasteiger charge is 2.09. The van der Waals surface area contributed by atoms with Crippen molar-refractivity contribution in [3.63, 3.8) is 0 Å². The third kappa shape index (κ3) is 4.57. The third-order valence-electron chi connectivity index (χ3n) is 3.63. The number of aromatic nitrogens is 2. The molecule has 0 saturated heterocycles. The van der Waals surface area contributed by atoms with Gasteiger partial charge >= 0.3 is 0 Å². The average molecular weight is 348 g/mol. The van der Waals surface area contributed by atoms with Gasteiger partial charge in [-0.2, -0.15) is 0 Å². The minimum atomic E-state index is -0.181. The minimum absolute atomic E-state index is 0.181. The molecule has 3 aromatic rings. The fourth-order valence-corrected chi connectivity index (χ4v) is 2.40. The highest BCUT2D eigenvalue weighted by atomic mass is 16.5. The van der Waals surface area contributed by atoms with E-state index in [9.17, 15) is 4.79 Å². The van der Waals surface area contributed by atoms with Crippen LogP contribution in [0.3, 0.4) is 0 Å². The number of anilines is 2. The number of pyridine rings is 2. The number of amides is 1. The number of para-hydroxylation sites is 2. The number of carbonyl (C=O) groups is 1. The number of rotatable bonds is 7. The Morgan fingerprint density at radius 2 is 1.88 bits per heavy atom. The predicted molar refractivity (Wildman–Crippen MR) is 101 cm³/mol. The van der Waals surface area contributed by atoms with Gasteiger partial charge in [-0.1, -0.05) is 18.2 Å². The van der Waals surface area contributed by atoms with Crippen LogP contribution in [0.2, 0.25) is 0 Å². The zero-order valence-electron chi connectivity index (χ0n) is 14.5. The van der Waals surface area contributed by atoms with Crippen molar-refractivity contribution in [2.75, 3.05) is 11.9 Å². The topological polar surface area (TPSA) is 76.1 Å². The Morgan fingerprint density at radius 1 is 1.04 bits per heavy atom. The van der Waals surface area contributed by atoms with Crippen molar-refractivity contribution in [1.82, 2.24) is 15.3 Å². The van der Waals surface area contributed by atoms with Crippen molar-refractivity contribution in [2.45, 2.75) is 13.5 Å². The van der Waals surface area contributed by atoms with Gasteiger partial charge in [0, 0.05) is 18.0 Å². The van der Waals surface area contributed by atoms with Crippen LogP contribution in [-0.2, 0) is 6.54 Å². The van der Waals surface area contributed by atoms with Crippen LogP contribution in [0.15, 0.2) is 67.0 Å². The minimum Gasteiger partial charge on any atom is -0.492 e. The van der Waals surface area contributed by atoms with Gasteiger partial charge in [0.25, 0.3) is 5.91 Å². The van der Waals surface area contributed by atoms with Gasteiger partial charge in [-0.15, -0.1) is 0 Å². The largest absolute Gasteiger partial charge is 0.492 e. The van der Waals surface area contributed by atoms with E-state index in [4.69, 9.17) is 4.74 Å². The molecule has 3 rings (SSSR count). The van der Waals surface area contributed by atoms with Crippen molar-refractivity contribution in [2.24, 2.45) is 0 Å². The van der Waals surface area contributed by atoms with Crippen molar-refractivity contribution >= 4 is 17.4 Å². The second-order valence-electron chi connectivity index (χ2n) is 5.49. The van der Waals surface area contributed by atoms with Crippen LogP contribution in [0.4, 0.5) is 11.5 Å². The van der Waals surface area contributed by atoms with E-state index in [1.54, 1.807) is 24.5 Å². The van der Waals surface area contributed by atoms with E-state index in [0.717, 1.165) is 17.1 Å². The van der Waals surface area contributed by atoms with Gasteiger partial charge in [-0.05, 0) is 43.3 Å². The molecular weight excluding hydrogens is 328 g/mol. The SMILES string of the molecule is CCOc1ccccc1Nc1cc(C(=O)NCc2ccccn2)ccn1. The normalized spacial score (nSPS) is 10.2. The molecule has 0 aliphatic heterocycles. The summed E-state index contributed by atoms with van der Waals surface area (Å²) in [5, 5.41) is 6.05. The van der Waals surface area contributed by atoms with E-state index in [1.165, 1.54) is 0 Å². The highest BCUT2D eigenvalue weighted by molar-refractivity contribution is 5.94. The highest BCUT2D eigenvalue weighted by Crippen LogP contribution is 2.26. The van der Waals surface area contributed by atoms with Gasteiger partial charge < -0.3 is 15.4 Å². The fourth-order valence-electron chi connectivity index (χ4n) is 2.40. The molecule has 2 heterocycles. The molecule has 1 aromatic carbocycles. The van der Waals surface area contributed by atoms with E-state index < -0.39 is 0 Å². The standard InChI is InChI=1S/C20H20N4O2/c1-2-26-18-9-4-3-8-17(18)24-19-13-15(10-12-22-19)20(25)23-14-16-7-5-6-11-21-16/h3-13H,2,14H2,1H3,(H,22,24)(H,23,25). The first-order valence-electron chi connectivity index (χ1n) is 8.39. The molecular formula is C20H20N4O2. The Balaban J connectivity index is 1.69. The van der Waals surface area contributed by atoms with E-state index in [2.05, 4.69) is 20.6 Å². The van der Waals surface area contributed by atoms with Crippen LogP contribution in [0.25, 0.3) is 0 Å². The molecule has 0 aliphatic carbocycles. The molecule has 6 nitrogen and oxygen atoms in total. The van der Waals surface area contributed by atoms with Gasteiger partial charge in [0.2, 0.25) is 0 Å². The van der Waals surface area contributed by atoms with E-state index in [-0.39, 0.29) is 5.91 Å². The lowest BCUT2D eigenvalue weighted by Gasteiger charge is -2.12. The summed E-state index contributed by atoms with van der Waals surface area (Å²) in [5.41, 5.74) is 2.12. The van der Waals surface area contributed by atoms with Crippen LogP contribution in [0.1, 0.15) is 23.0 Å². The molecule has 0 atom stereocenters. The molecule has 132 valence electrons. The summed E-state index contributed by atoms with van der Waals surface area (Å²) in [6.07, 6.45) is 3.30. The lowest BCUT2D eigenvalue weighted by Crippen LogP contribution is -2.23. The van der Waals surface area contributed by atoms with Gasteiger partial charge in [-0.3, -0.25) is 9.78 Å². The lowest BCUT2D eigenvalue weighted by atomic mass is 10.2. The quantitative estimate of drug-likeness (QED) is 0.683. The molecule has 26 heavy (non-hydrogen) atoms. The summed E-state index contributed by atoms with van der Waals surface area (Å²) in [4.78, 5) is 20.8. The first kappa shape index (κ1) is 17.4. The summed E-state index contributed by atoms with van der Waals surface area (Å²) in [7, 11) is 0. The maximum Gasteiger partial charge on any atom is 0.251 e. The number of carbonyl (C=O) groups excluding carboxylic acids is 1. The number of nitrogens with zero attached hydrogens (tertiary/aromatic N) is 2. The van der Waals surface area contributed by atoms with Crippen molar-refractivity contribution in [3.8, 4) is 5.75 Å². The Kier molecular flexibility index (Phi) is 5.77. The molecule has 0 saturated carbocycles. The van der Waals surface area contributed by atoms with Gasteiger partial charge in [0.1, 0.15) is 11.6 Å². The number of ether oxygens (including phenoxy) is 1. The number of hydrogen-bond acceptors (Lipinski definition) is 5. The van der Waals surface area contributed by atoms with Crippen LogP contribution in [0, 0.1) is 0 Å². The van der Waals surface area contributed by atoms with Gasteiger partial charge in [0.15, 0.2) is 0 Å². The second kappa shape index (κ2) is 8.62. The summed E-state index contributed by atoms with van der Waals surface area (Å²) in [5.74, 6) is 1.13. The van der Waals surface area contributed by atoms with E-state index in [1.807, 2.05) is 49.4 Å². The van der Waals surface area contributed by atoms with Crippen molar-refractivity contribution in [3.05, 3.63) is 78.2 Å². The number of benzene rings is 1. The Morgan fingerprint density at radius 3 is 2.69 bits per heavy atom. The zero-order valence-corrected chi connectivity index (χ0v) is 14.5. The van der Waals surface area contributed by atoms with Crippen LogP contribution < -0.4 is 15.4 Å². The molecule has 2 aromatic heterocycles. The molecule has 0 spiro atoms. The summed E-state index contributed by atoms with van der Waals surface area (Å²) in [6.45, 7) is 2.88. The maximum atomic E-state index is 12.4. The maximum absolute atomic E-state index is 12.4. The summed E-state index contributed by atoms with van der Waals surface area (Å²) >= 11 is 0. The second-order valence-corrected chi connectivity index (χ2v) is 5.49. The molecule has 0 fully saturated rings. The molecule has 2 N–H and O–H groups in total. The van der Waals surface area contributed by atoms with Crippen LogP contribution in [0.5, 0.6) is 5.75 Å². The zero-order chi connectivity index (χ0) is 18.2. The summed E-state index contributed by atoms with van der Waals surface area (Å²) in [6, 6.07) is 16.6. The predicted octanol–water partition coefficient (Wildman–Crippen LogP) is 3.55. The molecule has 1 amide bonds. The smallest absolute Gasteiger partial charge is 0.251 e. The van der Waals surface area contributed by atoms with E-state index >= 15 is 0 Å². The van der Waals surface area contributed by atoms with Gasteiger partial charge in [0.05, 0.1) is 24.5 Å². The van der Waals surface area contributed by atoms with Crippen molar-refractivity contribution in [1.29, 1.82) is 0 Å². The Labute approximate surface area is 152 Å². The molecule has 0 unspecified atom stereocenters. The lowest BCUT2D eigenvalue weighted by molar-refractivity contribution is 0.0950. The first-order chi connectivity index (χ1) is 12.8. The van der Waals surface area contributed by atoms with Crippen molar-refractivity contribution < 1.29 is 9.53 Å². The third-order valence-corrected chi connectivity index (χ3v) is 3.63. The Bertz CT molecular complexity index is 868. The summed E-state index contributed by atoms with van der Waals surface area (Å²) < 4.78 is 5.60. The monoisotopic (exact) mass is 348 g/mol. The van der Waals surface area contributed by atoms with Crippen LogP contribution >= 0.6 is 0 Å². The Hall–Kier alpha value is -3.41. The molecule has 6 heteroatoms. The molecule has 0 aliphatic rings. The first-order valence-corrected chi connectivity index (χ1v) is 8.39. The van der Waals surface area contributed by atoms with E-state index in [0.29, 0.717) is 24.5 Å².